The van der Waals surface area contributed by atoms with E-state index in [1.165, 1.54) is 0 Å². The molecule has 0 unspecified atom stereocenters. The summed E-state index contributed by atoms with van der Waals surface area (Å²) in [5.41, 5.74) is 0. The minimum absolute atomic E-state index is 0.125. The van der Waals surface area contributed by atoms with Gasteiger partial charge in [-0.15, -0.1) is 72.4 Å². The maximum absolute atomic E-state index is 7.62. The Hall–Kier alpha value is -2.94. The van der Waals surface area contributed by atoms with Crippen LogP contribution in [0.5, 0.6) is 0 Å². The van der Waals surface area contributed by atoms with E-state index in [2.05, 4.69) is 72.4 Å². The Labute approximate surface area is 238 Å². The van der Waals surface area contributed by atoms with Crippen LogP contribution in [0.3, 0.4) is 0 Å². The van der Waals surface area contributed by atoms with Gasteiger partial charge in [-0.05, 0) is 76.2 Å². The second kappa shape index (κ2) is 336. The molecule has 0 saturated heterocycles. The third-order valence-corrected chi connectivity index (χ3v) is 0.1000. The molecule has 0 aliphatic rings. The SMILES string of the molecule is C=CC.C=CC.C=CC.C=CC.C=CC.C=CC.C=CC.C=CC.C=CC.C=CC.C=CC.OCCO. The lowest BCUT2D eigenvalue weighted by Gasteiger charge is -1.70. The minimum atomic E-state index is -0.125. The molecular formula is C35H72O2. The molecule has 0 spiro atoms. The first kappa shape index (κ1) is 76.5. The number of aliphatic hydroxyl groups is 2. The van der Waals surface area contributed by atoms with Crippen LogP contribution in [-0.2, 0) is 0 Å². The van der Waals surface area contributed by atoms with Crippen molar-refractivity contribution in [1.29, 1.82) is 0 Å². The molecule has 0 amide bonds. The fourth-order valence-electron chi connectivity index (χ4n) is 0. The monoisotopic (exact) mass is 525 g/mol. The van der Waals surface area contributed by atoms with Gasteiger partial charge < -0.3 is 10.2 Å². The summed E-state index contributed by atoms with van der Waals surface area (Å²) in [6.07, 6.45) is 19.2. The summed E-state index contributed by atoms with van der Waals surface area (Å²) in [7, 11) is 0. The lowest BCUT2D eigenvalue weighted by molar-refractivity contribution is 0.186. The van der Waals surface area contributed by atoms with Crippen molar-refractivity contribution >= 4 is 0 Å². The lowest BCUT2D eigenvalue weighted by Crippen LogP contribution is -1.85. The Morgan fingerprint density at radius 1 is 0.270 bits per heavy atom. The third-order valence-electron chi connectivity index (χ3n) is 0.1000. The molecule has 0 aromatic heterocycles. The topological polar surface area (TPSA) is 40.5 Å². The minimum Gasteiger partial charge on any atom is -0.394 e. The van der Waals surface area contributed by atoms with Crippen molar-refractivity contribution in [2.75, 3.05) is 13.2 Å². The maximum Gasteiger partial charge on any atom is 0.0662 e. The summed E-state index contributed by atoms with van der Waals surface area (Å²) in [6.45, 7) is 57.5. The van der Waals surface area contributed by atoms with Gasteiger partial charge in [-0.3, -0.25) is 0 Å². The number of rotatable bonds is 1. The summed E-state index contributed by atoms with van der Waals surface area (Å²) in [6, 6.07) is 0. The molecule has 0 saturated carbocycles. The average Bonchev–Trinajstić information content (AvgIpc) is 2.80. The van der Waals surface area contributed by atoms with E-state index in [1.54, 1.807) is 66.8 Å². The summed E-state index contributed by atoms with van der Waals surface area (Å²) in [5, 5.41) is 15.2. The quantitative estimate of drug-likeness (QED) is 0.335. The number of allylic oxidation sites excluding steroid dienone is 11. The van der Waals surface area contributed by atoms with Crippen molar-refractivity contribution in [3.8, 4) is 0 Å². The molecule has 224 valence electrons. The van der Waals surface area contributed by atoms with Crippen molar-refractivity contribution in [3.05, 3.63) is 139 Å². The van der Waals surface area contributed by atoms with E-state index in [1.807, 2.05) is 76.2 Å². The number of hydrogen-bond donors (Lipinski definition) is 2. The molecule has 2 nitrogen and oxygen atoms in total. The van der Waals surface area contributed by atoms with E-state index >= 15 is 0 Å². The van der Waals surface area contributed by atoms with Crippen LogP contribution in [0, 0.1) is 0 Å². The van der Waals surface area contributed by atoms with Crippen LogP contribution in [0.4, 0.5) is 0 Å². The maximum atomic E-state index is 7.62. The zero-order chi connectivity index (χ0) is 33.2. The largest absolute Gasteiger partial charge is 0.394 e. The van der Waals surface area contributed by atoms with Crippen LogP contribution in [0.25, 0.3) is 0 Å². The third kappa shape index (κ3) is 8470. The molecule has 2 N–H and O–H groups in total. The van der Waals surface area contributed by atoms with Crippen molar-refractivity contribution in [1.82, 2.24) is 0 Å². The predicted molar refractivity (Wildman–Crippen MR) is 189 cm³/mol. The first-order chi connectivity index (χ1) is 17.5. The van der Waals surface area contributed by atoms with Gasteiger partial charge >= 0.3 is 0 Å². The average molecular weight is 525 g/mol. The van der Waals surface area contributed by atoms with Crippen LogP contribution in [0.2, 0.25) is 0 Å². The van der Waals surface area contributed by atoms with E-state index in [-0.39, 0.29) is 13.2 Å². The number of aliphatic hydroxyl groups excluding tert-OH is 2. The second-order valence-electron chi connectivity index (χ2n) is 4.94. The van der Waals surface area contributed by atoms with Crippen LogP contribution in [0.1, 0.15) is 76.2 Å². The lowest BCUT2D eigenvalue weighted by atomic mass is 10.8. The van der Waals surface area contributed by atoms with Gasteiger partial charge in [-0.1, -0.05) is 66.8 Å². The van der Waals surface area contributed by atoms with Gasteiger partial charge in [-0.25, -0.2) is 0 Å². The molecule has 0 heterocycles. The van der Waals surface area contributed by atoms with Gasteiger partial charge in [0.2, 0.25) is 0 Å². The Kier molecular flexibility index (Phi) is 694. The standard InChI is InChI=1S/11C3H6.C2H6O2/c11*1-3-2;3-1-2-4/h11*3H,1H2,2H3;3-4H,1-2H2. The Morgan fingerprint density at radius 2 is 0.297 bits per heavy atom. The molecule has 0 radical (unpaired) electrons. The molecule has 37 heavy (non-hydrogen) atoms. The molecule has 0 fully saturated rings. The summed E-state index contributed by atoms with van der Waals surface area (Å²) < 4.78 is 0. The van der Waals surface area contributed by atoms with Crippen molar-refractivity contribution in [2.24, 2.45) is 0 Å². The molecule has 2 heteroatoms. The van der Waals surface area contributed by atoms with E-state index in [0.29, 0.717) is 0 Å². The van der Waals surface area contributed by atoms with Crippen LogP contribution >= 0.6 is 0 Å². The first-order valence-corrected chi connectivity index (χ1v) is 12.0. The van der Waals surface area contributed by atoms with E-state index in [4.69, 9.17) is 10.2 Å². The highest BCUT2D eigenvalue weighted by molar-refractivity contribution is 4.54. The molecular weight excluding hydrogens is 452 g/mol. The smallest absolute Gasteiger partial charge is 0.0662 e. The molecule has 0 aromatic carbocycles. The fraction of sp³-hybridized carbons (Fsp3) is 0.371. The molecule has 0 aromatic rings. The highest BCUT2D eigenvalue weighted by Gasteiger charge is 1.58. The Balaban J connectivity index is -0.0000000184. The summed E-state index contributed by atoms with van der Waals surface area (Å²) in [4.78, 5) is 0. The van der Waals surface area contributed by atoms with Crippen molar-refractivity contribution in [3.63, 3.8) is 0 Å². The predicted octanol–water partition coefficient (Wildman–Crippen LogP) is 12.1. The van der Waals surface area contributed by atoms with Gasteiger partial charge in [-0.2, -0.15) is 0 Å². The molecule has 0 aliphatic carbocycles. The molecule has 0 rings (SSSR count). The molecule has 0 bridgehead atoms. The normalized spacial score (nSPS) is 4.68. The fourth-order valence-corrected chi connectivity index (χ4v) is 0. The highest BCUT2D eigenvalue weighted by atomic mass is 16.3. The van der Waals surface area contributed by atoms with Crippen molar-refractivity contribution < 1.29 is 10.2 Å². The summed E-state index contributed by atoms with van der Waals surface area (Å²) in [5.74, 6) is 0. The van der Waals surface area contributed by atoms with Gasteiger partial charge in [0.1, 0.15) is 0 Å². The zero-order valence-corrected chi connectivity index (χ0v) is 27.4. The first-order valence-electron chi connectivity index (χ1n) is 12.0. The Morgan fingerprint density at radius 3 is 0.297 bits per heavy atom. The van der Waals surface area contributed by atoms with E-state index in [0.717, 1.165) is 0 Å². The van der Waals surface area contributed by atoms with Crippen LogP contribution in [-0.4, -0.2) is 23.4 Å². The number of hydrogen-bond acceptors (Lipinski definition) is 2. The van der Waals surface area contributed by atoms with Gasteiger partial charge in [0, 0.05) is 0 Å². The summed E-state index contributed by atoms with van der Waals surface area (Å²) >= 11 is 0. The zero-order valence-electron chi connectivity index (χ0n) is 27.4. The van der Waals surface area contributed by atoms with E-state index < -0.39 is 0 Å². The van der Waals surface area contributed by atoms with Gasteiger partial charge in [0.15, 0.2) is 0 Å². The Bertz CT molecular complexity index is 232. The van der Waals surface area contributed by atoms with Gasteiger partial charge in [0.25, 0.3) is 0 Å². The van der Waals surface area contributed by atoms with Gasteiger partial charge in [0.05, 0.1) is 13.2 Å². The van der Waals surface area contributed by atoms with Crippen LogP contribution < -0.4 is 0 Å². The van der Waals surface area contributed by atoms with Crippen LogP contribution in [0.15, 0.2) is 139 Å². The molecule has 0 aliphatic heterocycles. The molecule has 0 atom stereocenters. The van der Waals surface area contributed by atoms with Crippen molar-refractivity contribution in [2.45, 2.75) is 76.2 Å². The highest BCUT2D eigenvalue weighted by Crippen LogP contribution is 1.41. The second-order valence-corrected chi connectivity index (χ2v) is 4.94. The van der Waals surface area contributed by atoms with E-state index in [9.17, 15) is 0 Å².